The van der Waals surface area contributed by atoms with Crippen molar-refractivity contribution in [1.29, 1.82) is 0 Å². The molecule has 2 aromatic heterocycles. The molecule has 0 saturated carbocycles. The largest absolute Gasteiger partial charge is 0.204 e. The molecule has 0 radical (unpaired) electrons. The zero-order valence-corrected chi connectivity index (χ0v) is 21.3. The molecule has 10 heteroatoms. The highest BCUT2D eigenvalue weighted by atomic mass is 127. The number of fused-ring (bicyclic) bond motifs is 2. The lowest BCUT2D eigenvalue weighted by Crippen LogP contribution is -1.94. The van der Waals surface area contributed by atoms with E-state index in [9.17, 15) is 26.3 Å². The van der Waals surface area contributed by atoms with E-state index < -0.39 is 34.9 Å². The van der Waals surface area contributed by atoms with E-state index in [1.807, 2.05) is 0 Å². The number of benzene rings is 3. The van der Waals surface area contributed by atoms with E-state index in [1.54, 1.807) is 12.1 Å². The van der Waals surface area contributed by atoms with Crippen LogP contribution < -0.4 is 0 Å². The van der Waals surface area contributed by atoms with Crippen LogP contribution in [0.25, 0.3) is 42.4 Å². The van der Waals surface area contributed by atoms with Gasteiger partial charge in [0.2, 0.25) is 0 Å². The fourth-order valence-electron chi connectivity index (χ4n) is 3.68. The van der Waals surface area contributed by atoms with Crippen LogP contribution in [0, 0.1) is 40.7 Å². The maximum atomic E-state index is 14.1. The molecule has 5 aromatic rings. The van der Waals surface area contributed by atoms with Gasteiger partial charge in [0.25, 0.3) is 0 Å². The van der Waals surface area contributed by atoms with Gasteiger partial charge in [-0.3, -0.25) is 0 Å². The molecule has 32 heavy (non-hydrogen) atoms. The smallest absolute Gasteiger partial charge is 0.194 e. The Kier molecular flexibility index (Phi) is 5.70. The molecule has 0 spiro atoms. The number of thiophene rings is 2. The van der Waals surface area contributed by atoms with Crippen molar-refractivity contribution in [1.82, 2.24) is 0 Å². The average Bonchev–Trinajstić information content (AvgIpc) is 3.28. The molecule has 5 rings (SSSR count). The highest BCUT2D eigenvalue weighted by molar-refractivity contribution is 14.1. The van der Waals surface area contributed by atoms with Crippen LogP contribution in [0.5, 0.6) is 0 Å². The second-order valence-corrected chi connectivity index (χ2v) is 12.7. The van der Waals surface area contributed by atoms with Crippen molar-refractivity contribution in [3.8, 4) is 22.3 Å². The summed E-state index contributed by atoms with van der Waals surface area (Å²) >= 11 is 6.80. The molecule has 0 amide bonds. The van der Waals surface area contributed by atoms with Gasteiger partial charge in [-0.05, 0) is 92.7 Å². The summed E-state index contributed by atoms with van der Waals surface area (Å²) in [5.41, 5.74) is 1.28. The van der Waals surface area contributed by atoms with Gasteiger partial charge in [0.15, 0.2) is 34.9 Å². The summed E-state index contributed by atoms with van der Waals surface area (Å²) < 4.78 is 86.4. The number of halogens is 8. The van der Waals surface area contributed by atoms with Crippen molar-refractivity contribution in [3.05, 3.63) is 77.1 Å². The maximum absolute atomic E-state index is 14.1. The van der Waals surface area contributed by atoms with E-state index in [-0.39, 0.29) is 11.1 Å². The number of rotatable bonds is 2. The minimum absolute atomic E-state index is 0.145. The molecule has 162 valence electrons. The summed E-state index contributed by atoms with van der Waals surface area (Å²) in [4.78, 5) is 0. The first kappa shape index (κ1) is 22.4. The molecule has 0 aliphatic carbocycles. The molecule has 0 unspecified atom stereocenters. The molecule has 2 heterocycles. The third-order valence-electron chi connectivity index (χ3n) is 4.94. The van der Waals surface area contributed by atoms with Gasteiger partial charge in [0, 0.05) is 31.3 Å². The molecular formula is C22H6F6I2S2. The molecule has 0 atom stereocenters. The van der Waals surface area contributed by atoms with E-state index >= 15 is 0 Å². The highest BCUT2D eigenvalue weighted by Gasteiger charge is 2.24. The van der Waals surface area contributed by atoms with Crippen LogP contribution >= 0.6 is 67.9 Å². The van der Waals surface area contributed by atoms with E-state index in [0.717, 1.165) is 30.0 Å². The average molecular weight is 702 g/mol. The van der Waals surface area contributed by atoms with Crippen LogP contribution in [-0.2, 0) is 0 Å². The quantitative estimate of drug-likeness (QED) is 0.0978. The zero-order valence-electron chi connectivity index (χ0n) is 15.3. The van der Waals surface area contributed by atoms with Crippen molar-refractivity contribution in [2.24, 2.45) is 0 Å². The predicted octanol–water partition coefficient (Wildman–Crippen LogP) is 9.49. The predicted molar refractivity (Wildman–Crippen MR) is 133 cm³/mol. The third kappa shape index (κ3) is 3.53. The van der Waals surface area contributed by atoms with E-state index in [1.165, 1.54) is 22.7 Å². The Morgan fingerprint density at radius 2 is 0.812 bits per heavy atom. The molecule has 0 saturated heterocycles. The Morgan fingerprint density at radius 1 is 0.500 bits per heavy atom. The Hall–Kier alpha value is -1.38. The summed E-state index contributed by atoms with van der Waals surface area (Å²) in [5.74, 6) is -8.38. The Balaban J connectivity index is 1.97. The monoisotopic (exact) mass is 702 g/mol. The van der Waals surface area contributed by atoms with E-state index in [4.69, 9.17) is 0 Å². The molecule has 0 bridgehead atoms. The molecule has 0 aliphatic rings. The summed E-state index contributed by atoms with van der Waals surface area (Å²) in [6.45, 7) is 0. The minimum atomic E-state index is -1.56. The lowest BCUT2D eigenvalue weighted by atomic mass is 9.93. The van der Waals surface area contributed by atoms with Gasteiger partial charge in [0.05, 0.1) is 5.77 Å². The Morgan fingerprint density at radius 3 is 1.12 bits per heavy atom. The second-order valence-electron chi connectivity index (χ2n) is 6.84. The zero-order chi connectivity index (χ0) is 22.9. The summed E-state index contributed by atoms with van der Waals surface area (Å²) in [6.07, 6.45) is 0. The van der Waals surface area contributed by atoms with Gasteiger partial charge in [-0.2, -0.15) is 0 Å². The van der Waals surface area contributed by atoms with Crippen molar-refractivity contribution in [3.63, 3.8) is 0 Å². The van der Waals surface area contributed by atoms with Crippen molar-refractivity contribution < 1.29 is 26.3 Å². The first-order valence-corrected chi connectivity index (χ1v) is 12.6. The number of hydrogen-bond donors (Lipinski definition) is 0. The van der Waals surface area contributed by atoms with Crippen LogP contribution in [0.4, 0.5) is 26.3 Å². The topological polar surface area (TPSA) is 0 Å². The van der Waals surface area contributed by atoms with Gasteiger partial charge in [0.1, 0.15) is 0 Å². The Labute approximate surface area is 212 Å². The lowest BCUT2D eigenvalue weighted by molar-refractivity contribution is 0.447. The van der Waals surface area contributed by atoms with Crippen LogP contribution in [0.15, 0.2) is 36.4 Å². The summed E-state index contributed by atoms with van der Waals surface area (Å²) in [6, 6.07) is 7.31. The van der Waals surface area contributed by atoms with E-state index in [0.29, 0.717) is 31.3 Å². The molecular weight excluding hydrogens is 696 g/mol. The van der Waals surface area contributed by atoms with Crippen molar-refractivity contribution >= 4 is 88.0 Å². The maximum Gasteiger partial charge on any atom is 0.194 e. The van der Waals surface area contributed by atoms with Crippen LogP contribution in [0.2, 0.25) is 0 Å². The third-order valence-corrected chi connectivity index (χ3v) is 8.77. The van der Waals surface area contributed by atoms with Gasteiger partial charge in [-0.25, -0.2) is 26.3 Å². The normalized spacial score (nSPS) is 11.8. The molecule has 3 aromatic carbocycles. The Bertz CT molecular complexity index is 1350. The SMILES string of the molecule is Fc1cc(-c2c3cc(I)sc3c(-c3cc(F)c(F)c(F)c3)c3cc(I)sc23)cc(F)c1F. The first-order chi connectivity index (χ1) is 15.2. The summed E-state index contributed by atoms with van der Waals surface area (Å²) in [5, 5.41) is 1.19. The summed E-state index contributed by atoms with van der Waals surface area (Å²) in [7, 11) is 0. The molecule has 0 aliphatic heterocycles. The fourth-order valence-corrected chi connectivity index (χ4v) is 7.57. The lowest BCUT2D eigenvalue weighted by Gasteiger charge is -2.13. The van der Waals surface area contributed by atoms with Crippen LogP contribution in [-0.4, -0.2) is 0 Å². The van der Waals surface area contributed by atoms with Gasteiger partial charge < -0.3 is 0 Å². The second kappa shape index (κ2) is 8.13. The van der Waals surface area contributed by atoms with Gasteiger partial charge in [-0.15, -0.1) is 22.7 Å². The molecule has 0 fully saturated rings. The first-order valence-electron chi connectivity index (χ1n) is 8.79. The van der Waals surface area contributed by atoms with Gasteiger partial charge >= 0.3 is 0 Å². The fraction of sp³-hybridized carbons (Fsp3) is 0. The van der Waals surface area contributed by atoms with Crippen molar-refractivity contribution in [2.75, 3.05) is 0 Å². The van der Waals surface area contributed by atoms with E-state index in [2.05, 4.69) is 45.2 Å². The molecule has 0 nitrogen and oxygen atoms in total. The van der Waals surface area contributed by atoms with Gasteiger partial charge in [-0.1, -0.05) is 0 Å². The number of hydrogen-bond acceptors (Lipinski definition) is 2. The van der Waals surface area contributed by atoms with Crippen LogP contribution in [0.1, 0.15) is 0 Å². The highest BCUT2D eigenvalue weighted by Crippen LogP contribution is 2.50. The van der Waals surface area contributed by atoms with Crippen molar-refractivity contribution in [2.45, 2.75) is 0 Å². The molecule has 0 N–H and O–H groups in total. The van der Waals surface area contributed by atoms with Crippen LogP contribution in [0.3, 0.4) is 0 Å². The minimum Gasteiger partial charge on any atom is -0.204 e. The standard InChI is InChI=1S/C22H6F6I2S2/c23-11-1-7(2-12(24)19(11)27)17-9-5-15(29)32-22(9)18(10-6-16(30)31-21(10)17)8-3-13(25)20(28)14(26)4-8/h1-6H.